The summed E-state index contributed by atoms with van der Waals surface area (Å²) in [5, 5.41) is 2.69. The molecule has 1 aromatic rings. The summed E-state index contributed by atoms with van der Waals surface area (Å²) in [6.45, 7) is 3.02. The van der Waals surface area contributed by atoms with Gasteiger partial charge >= 0.3 is 5.97 Å². The predicted molar refractivity (Wildman–Crippen MR) is 97.7 cm³/mol. The van der Waals surface area contributed by atoms with Crippen LogP contribution in [0.2, 0.25) is 0 Å². The van der Waals surface area contributed by atoms with Gasteiger partial charge in [0.25, 0.3) is 0 Å². The van der Waals surface area contributed by atoms with Crippen LogP contribution in [0.25, 0.3) is 0 Å². The van der Waals surface area contributed by atoms with Crippen LogP contribution < -0.4 is 5.32 Å². The Labute approximate surface area is 160 Å². The Kier molecular flexibility index (Phi) is 9.84. The zero-order valence-electron chi connectivity index (χ0n) is 15.6. The molecular formula is C18H24NO7S-. The van der Waals surface area contributed by atoms with Crippen molar-refractivity contribution < 1.29 is 32.6 Å². The third-order valence-corrected chi connectivity index (χ3v) is 4.58. The molecule has 0 fully saturated rings. The fourth-order valence-corrected chi connectivity index (χ4v) is 2.55. The van der Waals surface area contributed by atoms with Gasteiger partial charge in [-0.3, -0.25) is 9.00 Å². The van der Waals surface area contributed by atoms with Gasteiger partial charge in [-0.2, -0.15) is 0 Å². The smallest absolute Gasteiger partial charge is 0.334 e. The minimum Gasteiger partial charge on any atom is -0.768 e. The first-order valence-corrected chi connectivity index (χ1v) is 9.51. The highest BCUT2D eigenvalue weighted by atomic mass is 32.2. The lowest BCUT2D eigenvalue weighted by Crippen LogP contribution is -2.27. The van der Waals surface area contributed by atoms with Gasteiger partial charge in [-0.25, -0.2) is 4.79 Å². The van der Waals surface area contributed by atoms with Crippen LogP contribution in [0.3, 0.4) is 0 Å². The van der Waals surface area contributed by atoms with Crippen molar-refractivity contribution in [2.75, 3.05) is 19.0 Å². The summed E-state index contributed by atoms with van der Waals surface area (Å²) >= 11 is -2.34. The van der Waals surface area contributed by atoms with E-state index in [-0.39, 0.29) is 36.0 Å². The molecule has 27 heavy (non-hydrogen) atoms. The monoisotopic (exact) mass is 398 g/mol. The highest BCUT2D eigenvalue weighted by molar-refractivity contribution is 7.79. The molecule has 0 heterocycles. The summed E-state index contributed by atoms with van der Waals surface area (Å²) in [4.78, 5) is 35.5. The Morgan fingerprint density at radius 2 is 1.81 bits per heavy atom. The highest BCUT2D eigenvalue weighted by Gasteiger charge is 2.21. The van der Waals surface area contributed by atoms with Crippen LogP contribution in [0.1, 0.15) is 33.1 Å². The van der Waals surface area contributed by atoms with Crippen molar-refractivity contribution in [1.82, 2.24) is 0 Å². The van der Waals surface area contributed by atoms with Gasteiger partial charge in [0, 0.05) is 30.0 Å². The van der Waals surface area contributed by atoms with Crippen molar-refractivity contribution in [2.45, 2.75) is 44.1 Å². The molecule has 8 nitrogen and oxygen atoms in total. The Hall–Kier alpha value is -2.10. The van der Waals surface area contributed by atoms with Crippen LogP contribution in [0.15, 0.2) is 29.2 Å². The number of Topliss-reactive ketones (excluding diaryl/α,β-unsaturated/α-hetero) is 1. The number of hydrogen-bond acceptors (Lipinski definition) is 7. The van der Waals surface area contributed by atoms with Crippen molar-refractivity contribution in [2.24, 2.45) is 5.92 Å². The third-order valence-electron chi connectivity index (χ3n) is 3.93. The maximum Gasteiger partial charge on any atom is 0.334 e. The maximum absolute atomic E-state index is 12.5. The Morgan fingerprint density at radius 3 is 2.33 bits per heavy atom. The summed E-state index contributed by atoms with van der Waals surface area (Å²) in [7, 11) is 1.39. The molecule has 0 aromatic heterocycles. The van der Waals surface area contributed by atoms with E-state index in [9.17, 15) is 23.1 Å². The molecule has 0 aliphatic rings. The second-order valence-electron chi connectivity index (χ2n) is 6.02. The molecule has 3 unspecified atom stereocenters. The molecule has 9 heteroatoms. The molecule has 0 spiro atoms. The van der Waals surface area contributed by atoms with Crippen molar-refractivity contribution in [1.29, 1.82) is 0 Å². The highest BCUT2D eigenvalue weighted by Crippen LogP contribution is 2.17. The Bertz CT molecular complexity index is 675. The van der Waals surface area contributed by atoms with Crippen molar-refractivity contribution >= 4 is 34.4 Å². The molecule has 150 valence electrons. The number of rotatable bonds is 11. The first-order chi connectivity index (χ1) is 12.7. The fourth-order valence-electron chi connectivity index (χ4n) is 2.19. The first-order valence-electron chi connectivity index (χ1n) is 8.43. The molecule has 0 aliphatic carbocycles. The van der Waals surface area contributed by atoms with E-state index < -0.39 is 29.1 Å². The summed E-state index contributed by atoms with van der Waals surface area (Å²) in [5.74, 6) is -1.43. The minimum atomic E-state index is -2.34. The number of anilines is 1. The number of methoxy groups -OCH3 is 1. The van der Waals surface area contributed by atoms with Crippen molar-refractivity contribution in [3.63, 3.8) is 0 Å². The Morgan fingerprint density at radius 1 is 1.19 bits per heavy atom. The van der Waals surface area contributed by atoms with Gasteiger partial charge in [-0.15, -0.1) is 0 Å². The van der Waals surface area contributed by atoms with Gasteiger partial charge in [0.15, 0.2) is 6.10 Å². The molecule has 0 radical (unpaired) electrons. The lowest BCUT2D eigenvalue weighted by atomic mass is 9.97. The van der Waals surface area contributed by atoms with E-state index in [2.05, 4.69) is 5.32 Å². The zero-order chi connectivity index (χ0) is 20.4. The molecular weight excluding hydrogens is 374 g/mol. The topological polar surface area (TPSA) is 122 Å². The second kappa shape index (κ2) is 11.6. The number of nitrogens with one attached hydrogen (secondary N) is 1. The SMILES string of the molecule is COC(C)C(=O)OCCC(CCC(C)=O)C(=O)Nc1ccc(S(=O)[O-])cc1. The van der Waals surface area contributed by atoms with Crippen LogP contribution >= 0.6 is 0 Å². The van der Waals surface area contributed by atoms with Gasteiger partial charge in [0.2, 0.25) is 5.91 Å². The number of hydrogen-bond donors (Lipinski definition) is 1. The van der Waals surface area contributed by atoms with E-state index in [0.717, 1.165) is 0 Å². The van der Waals surface area contributed by atoms with Gasteiger partial charge in [-0.1, -0.05) is 0 Å². The van der Waals surface area contributed by atoms with Gasteiger partial charge < -0.3 is 24.1 Å². The van der Waals surface area contributed by atoms with E-state index in [1.54, 1.807) is 6.92 Å². The lowest BCUT2D eigenvalue weighted by Gasteiger charge is -2.17. The van der Waals surface area contributed by atoms with E-state index in [1.807, 2.05) is 0 Å². The average molecular weight is 398 g/mol. The van der Waals surface area contributed by atoms with Gasteiger partial charge in [-0.05, 0) is 62.0 Å². The largest absolute Gasteiger partial charge is 0.768 e. The zero-order valence-corrected chi connectivity index (χ0v) is 16.4. The number of esters is 1. The van der Waals surface area contributed by atoms with Gasteiger partial charge in [0.1, 0.15) is 5.78 Å². The number of carbonyl (C=O) groups is 3. The average Bonchev–Trinajstić information content (AvgIpc) is 2.63. The van der Waals surface area contributed by atoms with E-state index in [0.29, 0.717) is 12.1 Å². The van der Waals surface area contributed by atoms with Gasteiger partial charge in [0.05, 0.1) is 6.61 Å². The standard InChI is InChI=1S/C18H25NO7S/c1-12(20)4-5-14(10-11-26-18(22)13(2)25-3)17(21)19-15-6-8-16(9-7-15)27(23)24/h6-9,13-14H,4-5,10-11H2,1-3H3,(H,19,21)(H,23,24)/p-1. The number of ether oxygens (including phenoxy) is 2. The number of benzene rings is 1. The van der Waals surface area contributed by atoms with Crippen molar-refractivity contribution in [3.05, 3.63) is 24.3 Å². The minimum absolute atomic E-state index is 0.0244. The van der Waals surface area contributed by atoms with Crippen molar-refractivity contribution in [3.8, 4) is 0 Å². The van der Waals surface area contributed by atoms with Crippen LogP contribution in [0, 0.1) is 5.92 Å². The molecule has 1 rings (SSSR count). The van der Waals surface area contributed by atoms with Crippen LogP contribution in [0.4, 0.5) is 5.69 Å². The second-order valence-corrected chi connectivity index (χ2v) is 6.96. The van der Waals surface area contributed by atoms with Crippen LogP contribution in [0.5, 0.6) is 0 Å². The molecule has 1 amide bonds. The molecule has 0 saturated heterocycles. The maximum atomic E-state index is 12.5. The number of carbonyl (C=O) groups excluding carboxylic acids is 3. The predicted octanol–water partition coefficient (Wildman–Crippen LogP) is 1.82. The lowest BCUT2D eigenvalue weighted by molar-refractivity contribution is -0.155. The third kappa shape index (κ3) is 8.42. The molecule has 0 saturated carbocycles. The summed E-state index contributed by atoms with van der Waals surface area (Å²) in [6, 6.07) is 5.70. The molecule has 1 N–H and O–H groups in total. The first kappa shape index (κ1) is 22.9. The molecule has 0 bridgehead atoms. The molecule has 1 aromatic carbocycles. The number of ketones is 1. The van der Waals surface area contributed by atoms with E-state index in [1.165, 1.54) is 38.3 Å². The summed E-state index contributed by atoms with van der Waals surface area (Å²) in [6.07, 6.45) is 0.110. The van der Waals surface area contributed by atoms with E-state index >= 15 is 0 Å². The van der Waals surface area contributed by atoms with E-state index in [4.69, 9.17) is 9.47 Å². The molecule has 3 atom stereocenters. The normalized spacial score (nSPS) is 14.1. The Balaban J connectivity index is 2.67. The fraction of sp³-hybridized carbons (Fsp3) is 0.500. The summed E-state index contributed by atoms with van der Waals surface area (Å²) < 4.78 is 31.7. The van der Waals surface area contributed by atoms with Crippen LogP contribution in [-0.4, -0.2) is 46.2 Å². The van der Waals surface area contributed by atoms with Crippen LogP contribution in [-0.2, 0) is 34.9 Å². The summed E-state index contributed by atoms with van der Waals surface area (Å²) in [5.41, 5.74) is 0.437. The molecule has 0 aliphatic heterocycles. The quantitative estimate of drug-likeness (QED) is 0.445. The number of amides is 1.